The number of anilines is 1. The fraction of sp³-hybridized carbons (Fsp3) is 0.214. The molecule has 1 unspecified atom stereocenters. The molecular formula is C14H11ClF3N5O. The van der Waals surface area contributed by atoms with Crippen LogP contribution in [0, 0.1) is 0 Å². The molecular weight excluding hydrogens is 347 g/mol. The molecule has 3 rings (SSSR count). The van der Waals surface area contributed by atoms with E-state index < -0.39 is 18.1 Å². The molecule has 126 valence electrons. The fourth-order valence-electron chi connectivity index (χ4n) is 2.12. The zero-order valence-electron chi connectivity index (χ0n) is 12.0. The van der Waals surface area contributed by atoms with Crippen molar-refractivity contribution in [3.63, 3.8) is 0 Å². The maximum atomic E-state index is 12.8. The van der Waals surface area contributed by atoms with E-state index in [0.717, 1.165) is 0 Å². The number of halogens is 4. The van der Waals surface area contributed by atoms with Gasteiger partial charge in [0.2, 0.25) is 0 Å². The molecule has 0 saturated heterocycles. The van der Waals surface area contributed by atoms with Gasteiger partial charge in [0.05, 0.1) is 6.10 Å². The Labute approximate surface area is 138 Å². The molecule has 24 heavy (non-hydrogen) atoms. The highest BCUT2D eigenvalue weighted by atomic mass is 35.5. The highest BCUT2D eigenvalue weighted by Crippen LogP contribution is 2.28. The van der Waals surface area contributed by atoms with Crippen molar-refractivity contribution in [2.45, 2.75) is 12.3 Å². The Morgan fingerprint density at radius 1 is 1.17 bits per heavy atom. The van der Waals surface area contributed by atoms with Crippen molar-refractivity contribution in [2.24, 2.45) is 0 Å². The molecule has 0 radical (unpaired) electrons. The summed E-state index contributed by atoms with van der Waals surface area (Å²) in [5, 5.41) is 23.6. The van der Waals surface area contributed by atoms with E-state index >= 15 is 0 Å². The van der Waals surface area contributed by atoms with E-state index in [1.54, 1.807) is 24.3 Å². The SMILES string of the molecule is OC(CNc1ccc2nnc(C(F)(F)F)n2n1)c1ccccc1Cl. The number of nitrogens with one attached hydrogen (secondary N) is 1. The molecule has 2 N–H and O–H groups in total. The number of alkyl halides is 3. The van der Waals surface area contributed by atoms with Crippen molar-refractivity contribution in [1.82, 2.24) is 19.8 Å². The summed E-state index contributed by atoms with van der Waals surface area (Å²) < 4.78 is 39.1. The van der Waals surface area contributed by atoms with E-state index in [1.165, 1.54) is 12.1 Å². The second-order valence-electron chi connectivity index (χ2n) is 4.93. The molecule has 10 heteroatoms. The first-order valence-electron chi connectivity index (χ1n) is 6.82. The summed E-state index contributed by atoms with van der Waals surface area (Å²) in [4.78, 5) is 0. The average Bonchev–Trinajstić information content (AvgIpc) is 2.96. The van der Waals surface area contributed by atoms with Gasteiger partial charge in [-0.2, -0.15) is 17.7 Å². The molecule has 0 aliphatic carbocycles. The second kappa shape index (κ2) is 6.25. The van der Waals surface area contributed by atoms with E-state index in [1.807, 2.05) is 0 Å². The number of benzene rings is 1. The third-order valence-electron chi connectivity index (χ3n) is 3.26. The molecule has 0 aliphatic heterocycles. The van der Waals surface area contributed by atoms with Gasteiger partial charge in [0.15, 0.2) is 5.65 Å². The van der Waals surface area contributed by atoms with Gasteiger partial charge in [0.1, 0.15) is 5.82 Å². The van der Waals surface area contributed by atoms with Crippen LogP contribution < -0.4 is 5.32 Å². The summed E-state index contributed by atoms with van der Waals surface area (Å²) in [7, 11) is 0. The van der Waals surface area contributed by atoms with Crippen molar-refractivity contribution >= 4 is 23.1 Å². The minimum absolute atomic E-state index is 0.0196. The van der Waals surface area contributed by atoms with Gasteiger partial charge in [-0.25, -0.2) is 0 Å². The lowest BCUT2D eigenvalue weighted by molar-refractivity contribution is -0.146. The number of fused-ring (bicyclic) bond motifs is 1. The Hall–Kier alpha value is -2.39. The maximum absolute atomic E-state index is 12.8. The number of aromatic nitrogens is 4. The Balaban J connectivity index is 1.79. The molecule has 0 bridgehead atoms. The predicted octanol–water partition coefficient (Wildman–Crippen LogP) is 2.94. The minimum atomic E-state index is -4.66. The summed E-state index contributed by atoms with van der Waals surface area (Å²) in [6.07, 6.45) is -5.61. The number of aliphatic hydroxyl groups excluding tert-OH is 1. The van der Waals surface area contributed by atoms with Crippen LogP contribution in [0.2, 0.25) is 5.02 Å². The van der Waals surface area contributed by atoms with Crippen LogP contribution in [0.5, 0.6) is 0 Å². The average molecular weight is 358 g/mol. The number of hydrogen-bond acceptors (Lipinski definition) is 5. The van der Waals surface area contributed by atoms with Crippen molar-refractivity contribution in [3.8, 4) is 0 Å². The number of rotatable bonds is 4. The van der Waals surface area contributed by atoms with Gasteiger partial charge in [-0.05, 0) is 18.2 Å². The summed E-state index contributed by atoms with van der Waals surface area (Å²) in [6, 6.07) is 9.54. The molecule has 1 aromatic carbocycles. The van der Waals surface area contributed by atoms with Crippen LogP contribution >= 0.6 is 11.6 Å². The van der Waals surface area contributed by atoms with E-state index in [0.29, 0.717) is 15.1 Å². The smallest absolute Gasteiger partial charge is 0.387 e. The summed E-state index contributed by atoms with van der Waals surface area (Å²) in [5.74, 6) is -1.08. The molecule has 0 fully saturated rings. The lowest BCUT2D eigenvalue weighted by Crippen LogP contribution is -2.16. The molecule has 0 spiro atoms. The standard InChI is InChI=1S/C14H11ClF3N5O/c15-9-4-2-1-3-8(9)10(24)7-19-11-5-6-12-20-21-13(14(16,17)18)23(12)22-11/h1-6,10,24H,7H2,(H,19,22). The Kier molecular flexibility index (Phi) is 4.29. The molecule has 1 atom stereocenters. The highest BCUT2D eigenvalue weighted by molar-refractivity contribution is 6.31. The van der Waals surface area contributed by atoms with Crippen LogP contribution in [0.1, 0.15) is 17.5 Å². The predicted molar refractivity (Wildman–Crippen MR) is 80.7 cm³/mol. The quantitative estimate of drug-likeness (QED) is 0.751. The molecule has 0 aliphatic rings. The first-order valence-corrected chi connectivity index (χ1v) is 7.20. The van der Waals surface area contributed by atoms with Crippen LogP contribution in [0.25, 0.3) is 5.65 Å². The van der Waals surface area contributed by atoms with E-state index in [-0.39, 0.29) is 18.0 Å². The van der Waals surface area contributed by atoms with Gasteiger partial charge in [-0.1, -0.05) is 29.8 Å². The fourth-order valence-corrected chi connectivity index (χ4v) is 2.38. The van der Waals surface area contributed by atoms with Crippen LogP contribution in [-0.4, -0.2) is 31.5 Å². The van der Waals surface area contributed by atoms with Gasteiger partial charge in [0.25, 0.3) is 5.82 Å². The normalized spacial score (nSPS) is 13.2. The zero-order chi connectivity index (χ0) is 17.3. The Morgan fingerprint density at radius 3 is 2.62 bits per heavy atom. The van der Waals surface area contributed by atoms with Crippen molar-refractivity contribution in [2.75, 3.05) is 11.9 Å². The third kappa shape index (κ3) is 3.26. The molecule has 0 saturated carbocycles. The Morgan fingerprint density at radius 2 is 1.92 bits per heavy atom. The van der Waals surface area contributed by atoms with Gasteiger partial charge in [-0.3, -0.25) is 0 Å². The largest absolute Gasteiger partial charge is 0.453 e. The highest BCUT2D eigenvalue weighted by Gasteiger charge is 2.37. The van der Waals surface area contributed by atoms with Crippen molar-refractivity contribution in [3.05, 3.63) is 52.8 Å². The third-order valence-corrected chi connectivity index (χ3v) is 3.60. The summed E-state index contributed by atoms with van der Waals surface area (Å²) >= 11 is 5.99. The maximum Gasteiger partial charge on any atom is 0.453 e. The monoisotopic (exact) mass is 357 g/mol. The zero-order valence-corrected chi connectivity index (χ0v) is 12.8. The van der Waals surface area contributed by atoms with Crippen LogP contribution in [0.15, 0.2) is 36.4 Å². The van der Waals surface area contributed by atoms with Gasteiger partial charge in [-0.15, -0.1) is 15.3 Å². The molecule has 6 nitrogen and oxygen atoms in total. The van der Waals surface area contributed by atoms with Crippen LogP contribution in [0.4, 0.5) is 19.0 Å². The first-order chi connectivity index (χ1) is 11.4. The van der Waals surface area contributed by atoms with E-state index in [9.17, 15) is 18.3 Å². The molecule has 2 heterocycles. The van der Waals surface area contributed by atoms with Gasteiger partial charge >= 0.3 is 6.18 Å². The van der Waals surface area contributed by atoms with E-state index in [2.05, 4.69) is 20.6 Å². The molecule has 0 amide bonds. The number of nitrogens with zero attached hydrogens (tertiary/aromatic N) is 4. The van der Waals surface area contributed by atoms with Crippen LogP contribution in [-0.2, 0) is 6.18 Å². The summed E-state index contributed by atoms with van der Waals surface area (Å²) in [6.45, 7) is 0.0196. The topological polar surface area (TPSA) is 75.3 Å². The van der Waals surface area contributed by atoms with Crippen LogP contribution in [0.3, 0.4) is 0 Å². The minimum Gasteiger partial charge on any atom is -0.387 e. The first kappa shape index (κ1) is 16.5. The lowest BCUT2D eigenvalue weighted by atomic mass is 10.1. The Bertz CT molecular complexity index is 867. The molecule has 3 aromatic rings. The number of aliphatic hydroxyl groups is 1. The second-order valence-corrected chi connectivity index (χ2v) is 5.34. The van der Waals surface area contributed by atoms with Crippen molar-refractivity contribution < 1.29 is 18.3 Å². The lowest BCUT2D eigenvalue weighted by Gasteiger charge is -2.14. The van der Waals surface area contributed by atoms with Crippen molar-refractivity contribution in [1.29, 1.82) is 0 Å². The van der Waals surface area contributed by atoms with Gasteiger partial charge < -0.3 is 10.4 Å². The molecule has 2 aromatic heterocycles. The van der Waals surface area contributed by atoms with E-state index in [4.69, 9.17) is 11.6 Å². The van der Waals surface area contributed by atoms with Gasteiger partial charge in [0, 0.05) is 17.1 Å². The summed E-state index contributed by atoms with van der Waals surface area (Å²) in [5.41, 5.74) is 0.479. The number of hydrogen-bond donors (Lipinski definition) is 2.